The molecule has 1 aliphatic heterocycles. The maximum Gasteiger partial charge on any atom is 0.339 e. The summed E-state index contributed by atoms with van der Waals surface area (Å²) < 4.78 is 24.3. The SMILES string of the molecule is CC(C)OC(=O)c1cc(NC(=O)C2COCC[NH2+]2)c(F)cc1Cl.[Cl-]. The third-order valence-corrected chi connectivity index (χ3v) is 3.54. The lowest BCUT2D eigenvalue weighted by molar-refractivity contribution is -0.691. The molecule has 0 bridgehead atoms. The molecule has 1 aliphatic rings. The largest absolute Gasteiger partial charge is 1.00 e. The molecule has 0 radical (unpaired) electrons. The van der Waals surface area contributed by atoms with Crippen LogP contribution in [0.15, 0.2) is 12.1 Å². The monoisotopic (exact) mass is 380 g/mol. The number of anilines is 1. The second kappa shape index (κ2) is 9.17. The molecule has 3 N–H and O–H groups in total. The number of hydrogen-bond donors (Lipinski definition) is 2. The highest BCUT2D eigenvalue weighted by Crippen LogP contribution is 2.25. The van der Waals surface area contributed by atoms with Gasteiger partial charge in [0.25, 0.3) is 5.91 Å². The average molecular weight is 381 g/mol. The van der Waals surface area contributed by atoms with E-state index in [1.54, 1.807) is 13.8 Å². The second-order valence-corrected chi connectivity index (χ2v) is 5.87. The smallest absolute Gasteiger partial charge is 0.339 e. The molecular weight excluding hydrogens is 362 g/mol. The molecule has 0 spiro atoms. The van der Waals surface area contributed by atoms with Crippen LogP contribution in [0, 0.1) is 5.82 Å². The van der Waals surface area contributed by atoms with Crippen LogP contribution in [0.1, 0.15) is 24.2 Å². The number of ether oxygens (including phenoxy) is 2. The summed E-state index contributed by atoms with van der Waals surface area (Å²) in [5.41, 5.74) is -0.116. The van der Waals surface area contributed by atoms with Gasteiger partial charge in [-0.25, -0.2) is 9.18 Å². The third kappa shape index (κ3) is 5.31. The number of esters is 1. The minimum atomic E-state index is -0.721. The number of morpholine rings is 1. The summed E-state index contributed by atoms with van der Waals surface area (Å²) in [7, 11) is 0. The van der Waals surface area contributed by atoms with Crippen LogP contribution < -0.4 is 23.0 Å². The van der Waals surface area contributed by atoms with E-state index in [1.165, 1.54) is 6.07 Å². The van der Waals surface area contributed by atoms with Crippen LogP contribution in [0.4, 0.5) is 10.1 Å². The number of carbonyl (C=O) groups is 2. The van der Waals surface area contributed by atoms with E-state index in [-0.39, 0.29) is 41.4 Å². The van der Waals surface area contributed by atoms with Gasteiger partial charge in [0.1, 0.15) is 12.4 Å². The zero-order chi connectivity index (χ0) is 17.0. The van der Waals surface area contributed by atoms with Gasteiger partial charge in [-0.2, -0.15) is 0 Å². The van der Waals surface area contributed by atoms with E-state index >= 15 is 0 Å². The first-order chi connectivity index (χ1) is 10.9. The molecule has 134 valence electrons. The number of benzene rings is 1. The van der Waals surface area contributed by atoms with Gasteiger partial charge in [-0.3, -0.25) is 4.79 Å². The Bertz CT molecular complexity index is 607. The minimum absolute atomic E-state index is 0. The second-order valence-electron chi connectivity index (χ2n) is 5.46. The summed E-state index contributed by atoms with van der Waals surface area (Å²) in [6.07, 6.45) is -0.337. The van der Waals surface area contributed by atoms with Gasteiger partial charge in [-0.1, -0.05) is 11.6 Å². The standard InChI is InChI=1S/C15H18ClFN2O4.ClH/c1-8(2)23-15(21)9-5-12(11(17)6-10(9)16)19-14(20)13-7-22-4-3-18-13;/h5-6,8,13,18H,3-4,7H2,1-2H3,(H,19,20);1H. The van der Waals surface area contributed by atoms with Crippen molar-refractivity contribution in [3.05, 3.63) is 28.5 Å². The fourth-order valence-electron chi connectivity index (χ4n) is 2.12. The molecule has 1 aromatic carbocycles. The van der Waals surface area contributed by atoms with Crippen molar-refractivity contribution in [1.82, 2.24) is 0 Å². The predicted molar refractivity (Wildman–Crippen MR) is 82.0 cm³/mol. The number of quaternary nitrogens is 1. The van der Waals surface area contributed by atoms with Gasteiger partial charge in [-0.05, 0) is 26.0 Å². The number of amides is 1. The van der Waals surface area contributed by atoms with Crippen LogP contribution in [0.5, 0.6) is 0 Å². The lowest BCUT2D eigenvalue weighted by Crippen LogP contribution is -3.00. The molecule has 1 fully saturated rings. The maximum absolute atomic E-state index is 14.0. The van der Waals surface area contributed by atoms with Crippen molar-refractivity contribution < 1.29 is 41.2 Å². The van der Waals surface area contributed by atoms with E-state index in [4.69, 9.17) is 21.1 Å². The van der Waals surface area contributed by atoms with E-state index in [9.17, 15) is 14.0 Å². The number of hydrogen-bond acceptors (Lipinski definition) is 4. The first-order valence-electron chi connectivity index (χ1n) is 7.30. The van der Waals surface area contributed by atoms with Gasteiger partial charge in [0.15, 0.2) is 6.04 Å². The van der Waals surface area contributed by atoms with E-state index in [0.29, 0.717) is 13.2 Å². The Morgan fingerprint density at radius 1 is 1.46 bits per heavy atom. The minimum Gasteiger partial charge on any atom is -1.00 e. The Labute approximate surface area is 150 Å². The highest BCUT2D eigenvalue weighted by atomic mass is 35.5. The number of rotatable bonds is 4. The van der Waals surface area contributed by atoms with Crippen molar-refractivity contribution in [3.8, 4) is 0 Å². The van der Waals surface area contributed by atoms with Gasteiger partial charge in [0.2, 0.25) is 0 Å². The van der Waals surface area contributed by atoms with Gasteiger partial charge in [0.05, 0.1) is 35.5 Å². The molecule has 1 aromatic rings. The highest BCUT2D eigenvalue weighted by molar-refractivity contribution is 6.33. The van der Waals surface area contributed by atoms with Gasteiger partial charge >= 0.3 is 5.97 Å². The first kappa shape index (κ1) is 20.6. The van der Waals surface area contributed by atoms with Gasteiger partial charge < -0.3 is 32.5 Å². The molecule has 6 nitrogen and oxygen atoms in total. The van der Waals surface area contributed by atoms with Crippen molar-refractivity contribution in [2.24, 2.45) is 0 Å². The zero-order valence-electron chi connectivity index (χ0n) is 13.3. The normalized spacial score (nSPS) is 17.1. The molecule has 1 amide bonds. The molecule has 1 heterocycles. The third-order valence-electron chi connectivity index (χ3n) is 3.22. The molecule has 1 saturated heterocycles. The molecule has 0 aromatic heterocycles. The Hall–Kier alpha value is -1.41. The first-order valence-corrected chi connectivity index (χ1v) is 7.68. The quantitative estimate of drug-likeness (QED) is 0.589. The summed E-state index contributed by atoms with van der Waals surface area (Å²) in [4.78, 5) is 24.1. The molecule has 0 aliphatic carbocycles. The van der Waals surface area contributed by atoms with Crippen molar-refractivity contribution >= 4 is 29.2 Å². The average Bonchev–Trinajstić information content (AvgIpc) is 2.50. The molecule has 1 atom stereocenters. The summed E-state index contributed by atoms with van der Waals surface area (Å²) >= 11 is 5.89. The Morgan fingerprint density at radius 3 is 2.75 bits per heavy atom. The summed E-state index contributed by atoms with van der Waals surface area (Å²) in [6.45, 7) is 4.87. The van der Waals surface area contributed by atoms with Gasteiger partial charge in [0, 0.05) is 0 Å². The Balaban J connectivity index is 0.00000288. The lowest BCUT2D eigenvalue weighted by atomic mass is 10.1. The van der Waals surface area contributed by atoms with Crippen molar-refractivity contribution in [2.75, 3.05) is 25.1 Å². The fraction of sp³-hybridized carbons (Fsp3) is 0.467. The predicted octanol–water partition coefficient (Wildman–Crippen LogP) is -2.05. The van der Waals surface area contributed by atoms with E-state index in [0.717, 1.165) is 6.07 Å². The van der Waals surface area contributed by atoms with Gasteiger partial charge in [-0.15, -0.1) is 0 Å². The zero-order valence-corrected chi connectivity index (χ0v) is 14.8. The molecule has 0 saturated carbocycles. The fourth-order valence-corrected chi connectivity index (χ4v) is 2.35. The molecule has 24 heavy (non-hydrogen) atoms. The van der Waals surface area contributed by atoms with Crippen LogP contribution >= 0.6 is 11.6 Å². The summed E-state index contributed by atoms with van der Waals surface area (Å²) in [5.74, 6) is -1.79. The highest BCUT2D eigenvalue weighted by Gasteiger charge is 2.26. The van der Waals surface area contributed by atoms with E-state index < -0.39 is 23.7 Å². The van der Waals surface area contributed by atoms with Crippen LogP contribution in [0.25, 0.3) is 0 Å². The lowest BCUT2D eigenvalue weighted by Gasteiger charge is -2.20. The molecular formula is C15H19Cl2FN2O4. The number of nitrogens with one attached hydrogen (secondary N) is 1. The number of halogens is 3. The van der Waals surface area contributed by atoms with Crippen LogP contribution in [-0.4, -0.2) is 43.8 Å². The van der Waals surface area contributed by atoms with Crippen molar-refractivity contribution in [1.29, 1.82) is 0 Å². The maximum atomic E-state index is 14.0. The van der Waals surface area contributed by atoms with Crippen molar-refractivity contribution in [2.45, 2.75) is 26.0 Å². The van der Waals surface area contributed by atoms with Crippen LogP contribution in [-0.2, 0) is 14.3 Å². The Morgan fingerprint density at radius 2 is 2.17 bits per heavy atom. The molecule has 1 unspecified atom stereocenters. The van der Waals surface area contributed by atoms with E-state index in [1.807, 2.05) is 5.32 Å². The molecule has 9 heteroatoms. The van der Waals surface area contributed by atoms with Crippen LogP contribution in [0.3, 0.4) is 0 Å². The van der Waals surface area contributed by atoms with Crippen LogP contribution in [0.2, 0.25) is 5.02 Å². The summed E-state index contributed by atoms with van der Waals surface area (Å²) in [6, 6.07) is 1.71. The topological polar surface area (TPSA) is 81.2 Å². The molecule has 2 rings (SSSR count). The summed E-state index contributed by atoms with van der Waals surface area (Å²) in [5, 5.41) is 4.21. The number of carbonyl (C=O) groups excluding carboxylic acids is 2. The Kier molecular flexibility index (Phi) is 7.89. The van der Waals surface area contributed by atoms with Crippen molar-refractivity contribution in [3.63, 3.8) is 0 Å². The number of nitrogens with two attached hydrogens (primary N) is 1. The van der Waals surface area contributed by atoms with E-state index in [2.05, 4.69) is 5.32 Å².